The van der Waals surface area contributed by atoms with Crippen molar-refractivity contribution in [1.82, 2.24) is 4.72 Å². The van der Waals surface area contributed by atoms with Gasteiger partial charge in [-0.25, -0.2) is 13.1 Å². The summed E-state index contributed by atoms with van der Waals surface area (Å²) in [6, 6.07) is 1.72. The van der Waals surface area contributed by atoms with Crippen molar-refractivity contribution in [3.63, 3.8) is 0 Å². The molecular weight excluding hydrogens is 268 g/mol. The van der Waals surface area contributed by atoms with Gasteiger partial charge < -0.3 is 5.73 Å². The molecule has 0 aliphatic heterocycles. The van der Waals surface area contributed by atoms with E-state index in [1.54, 1.807) is 11.4 Å². The molecule has 0 bridgehead atoms. The zero-order valence-electron chi connectivity index (χ0n) is 10.6. The van der Waals surface area contributed by atoms with Crippen LogP contribution in [0.2, 0.25) is 0 Å². The number of nitrogens with one attached hydrogen (secondary N) is 1. The molecule has 102 valence electrons. The Balaban J connectivity index is 2.08. The SMILES string of the molecule is CC1CCC(NS(=O)(=O)c2ccsc2CN)CC1. The first kappa shape index (κ1) is 14.0. The van der Waals surface area contributed by atoms with E-state index in [0.29, 0.717) is 10.8 Å². The van der Waals surface area contributed by atoms with Gasteiger partial charge in [0.1, 0.15) is 0 Å². The Labute approximate surface area is 113 Å². The fourth-order valence-corrected chi connectivity index (χ4v) is 5.02. The van der Waals surface area contributed by atoms with Gasteiger partial charge in [-0.2, -0.15) is 0 Å². The Bertz CT molecular complexity index is 488. The average Bonchev–Trinajstić information content (AvgIpc) is 2.81. The third kappa shape index (κ3) is 3.12. The predicted molar refractivity (Wildman–Crippen MR) is 74.0 cm³/mol. The van der Waals surface area contributed by atoms with Crippen molar-refractivity contribution in [2.24, 2.45) is 11.7 Å². The van der Waals surface area contributed by atoms with Crippen LogP contribution in [-0.2, 0) is 16.6 Å². The molecule has 0 unspecified atom stereocenters. The van der Waals surface area contributed by atoms with Gasteiger partial charge in [-0.15, -0.1) is 11.3 Å². The lowest BCUT2D eigenvalue weighted by Crippen LogP contribution is -2.37. The fraction of sp³-hybridized carbons (Fsp3) is 0.667. The topological polar surface area (TPSA) is 72.2 Å². The molecule has 2 rings (SSSR count). The van der Waals surface area contributed by atoms with Crippen LogP contribution in [0.3, 0.4) is 0 Å². The van der Waals surface area contributed by atoms with Crippen molar-refractivity contribution in [3.8, 4) is 0 Å². The van der Waals surface area contributed by atoms with Crippen LogP contribution in [0.15, 0.2) is 16.3 Å². The Morgan fingerprint density at radius 3 is 2.67 bits per heavy atom. The van der Waals surface area contributed by atoms with Crippen LogP contribution in [-0.4, -0.2) is 14.5 Å². The van der Waals surface area contributed by atoms with E-state index in [0.717, 1.165) is 30.6 Å². The molecule has 1 aromatic rings. The number of rotatable bonds is 4. The van der Waals surface area contributed by atoms with Gasteiger partial charge in [0.05, 0.1) is 4.90 Å². The molecule has 6 heteroatoms. The monoisotopic (exact) mass is 288 g/mol. The average molecular weight is 288 g/mol. The Morgan fingerprint density at radius 1 is 1.39 bits per heavy atom. The first-order valence-corrected chi connectivity index (χ1v) is 8.68. The van der Waals surface area contributed by atoms with Gasteiger partial charge in [0.2, 0.25) is 10.0 Å². The maximum absolute atomic E-state index is 12.3. The highest BCUT2D eigenvalue weighted by atomic mass is 32.2. The quantitative estimate of drug-likeness (QED) is 0.891. The molecular formula is C12H20N2O2S2. The molecule has 0 radical (unpaired) electrons. The van der Waals surface area contributed by atoms with Crippen molar-refractivity contribution in [2.45, 2.75) is 50.1 Å². The van der Waals surface area contributed by atoms with E-state index < -0.39 is 10.0 Å². The smallest absolute Gasteiger partial charge is 0.241 e. The minimum absolute atomic E-state index is 0.0803. The highest BCUT2D eigenvalue weighted by Crippen LogP contribution is 2.26. The molecule has 1 heterocycles. The lowest BCUT2D eigenvalue weighted by atomic mass is 9.88. The molecule has 0 spiro atoms. The number of hydrogen-bond donors (Lipinski definition) is 2. The summed E-state index contributed by atoms with van der Waals surface area (Å²) < 4.78 is 27.3. The third-order valence-electron chi connectivity index (χ3n) is 3.52. The minimum Gasteiger partial charge on any atom is -0.326 e. The predicted octanol–water partition coefficient (Wildman–Crippen LogP) is 2.06. The Morgan fingerprint density at radius 2 is 2.06 bits per heavy atom. The van der Waals surface area contributed by atoms with Gasteiger partial charge in [-0.05, 0) is 43.0 Å². The van der Waals surface area contributed by atoms with Crippen LogP contribution in [0.5, 0.6) is 0 Å². The van der Waals surface area contributed by atoms with Crippen molar-refractivity contribution in [2.75, 3.05) is 0 Å². The standard InChI is InChI=1S/C12H20N2O2S2/c1-9-2-4-10(5-3-9)14-18(15,16)12-6-7-17-11(12)8-13/h6-7,9-10,14H,2-5,8,13H2,1H3. The fourth-order valence-electron chi connectivity index (χ4n) is 2.38. The van der Waals surface area contributed by atoms with Gasteiger partial charge >= 0.3 is 0 Å². The number of nitrogens with two attached hydrogens (primary N) is 1. The van der Waals surface area contributed by atoms with E-state index in [1.807, 2.05) is 0 Å². The van der Waals surface area contributed by atoms with Crippen molar-refractivity contribution < 1.29 is 8.42 Å². The van der Waals surface area contributed by atoms with Gasteiger partial charge in [-0.1, -0.05) is 6.92 Å². The molecule has 1 aliphatic rings. The Kier molecular flexibility index (Phi) is 4.42. The van der Waals surface area contributed by atoms with E-state index in [1.165, 1.54) is 11.3 Å². The number of sulfonamides is 1. The first-order valence-electron chi connectivity index (χ1n) is 6.31. The van der Waals surface area contributed by atoms with Gasteiger partial charge in [-0.3, -0.25) is 0 Å². The summed E-state index contributed by atoms with van der Waals surface area (Å²) in [5.74, 6) is 0.714. The second-order valence-corrected chi connectivity index (χ2v) is 7.67. The minimum atomic E-state index is -3.40. The zero-order chi connectivity index (χ0) is 13.2. The second-order valence-electron chi connectivity index (χ2n) is 4.99. The van der Waals surface area contributed by atoms with Gasteiger partial charge in [0, 0.05) is 17.5 Å². The van der Waals surface area contributed by atoms with Crippen molar-refractivity contribution >= 4 is 21.4 Å². The van der Waals surface area contributed by atoms with Gasteiger partial charge in [0.15, 0.2) is 0 Å². The molecule has 0 aromatic carbocycles. The summed E-state index contributed by atoms with van der Waals surface area (Å²) in [4.78, 5) is 1.08. The van der Waals surface area contributed by atoms with E-state index >= 15 is 0 Å². The lowest BCUT2D eigenvalue weighted by molar-refractivity contribution is 0.332. The maximum Gasteiger partial charge on any atom is 0.241 e. The van der Waals surface area contributed by atoms with E-state index in [9.17, 15) is 8.42 Å². The van der Waals surface area contributed by atoms with Gasteiger partial charge in [0.25, 0.3) is 0 Å². The van der Waals surface area contributed by atoms with Crippen molar-refractivity contribution in [3.05, 3.63) is 16.3 Å². The van der Waals surface area contributed by atoms with Crippen LogP contribution in [0.1, 0.15) is 37.5 Å². The largest absolute Gasteiger partial charge is 0.326 e. The highest BCUT2D eigenvalue weighted by Gasteiger charge is 2.25. The van der Waals surface area contributed by atoms with E-state index in [4.69, 9.17) is 5.73 Å². The molecule has 1 saturated carbocycles. The Hall–Kier alpha value is -0.430. The summed E-state index contributed by atoms with van der Waals surface area (Å²) in [5, 5.41) is 1.78. The molecule has 1 aliphatic carbocycles. The molecule has 18 heavy (non-hydrogen) atoms. The maximum atomic E-state index is 12.3. The third-order valence-corrected chi connectivity index (χ3v) is 6.19. The van der Waals surface area contributed by atoms with E-state index in [-0.39, 0.29) is 12.6 Å². The molecule has 0 amide bonds. The molecule has 1 fully saturated rings. The second kappa shape index (κ2) is 5.69. The molecule has 1 aromatic heterocycles. The van der Waals surface area contributed by atoms with Crippen LogP contribution in [0, 0.1) is 5.92 Å². The first-order chi connectivity index (χ1) is 8.53. The number of thiophene rings is 1. The summed E-state index contributed by atoms with van der Waals surface area (Å²) in [7, 11) is -3.40. The van der Waals surface area contributed by atoms with Crippen LogP contribution < -0.4 is 10.5 Å². The van der Waals surface area contributed by atoms with Crippen LogP contribution >= 0.6 is 11.3 Å². The lowest BCUT2D eigenvalue weighted by Gasteiger charge is -2.26. The zero-order valence-corrected chi connectivity index (χ0v) is 12.2. The highest BCUT2D eigenvalue weighted by molar-refractivity contribution is 7.89. The normalized spacial score (nSPS) is 25.2. The summed E-state index contributed by atoms with van der Waals surface area (Å²) in [6.07, 6.45) is 4.06. The number of hydrogen-bond acceptors (Lipinski definition) is 4. The van der Waals surface area contributed by atoms with Crippen LogP contribution in [0.4, 0.5) is 0 Å². The summed E-state index contributed by atoms with van der Waals surface area (Å²) >= 11 is 1.39. The molecule has 0 atom stereocenters. The summed E-state index contributed by atoms with van der Waals surface area (Å²) in [6.45, 7) is 2.49. The van der Waals surface area contributed by atoms with Crippen LogP contribution in [0.25, 0.3) is 0 Å². The summed E-state index contributed by atoms with van der Waals surface area (Å²) in [5.41, 5.74) is 5.56. The van der Waals surface area contributed by atoms with Crippen molar-refractivity contribution in [1.29, 1.82) is 0 Å². The van der Waals surface area contributed by atoms with E-state index in [2.05, 4.69) is 11.6 Å². The molecule has 4 nitrogen and oxygen atoms in total. The molecule has 0 saturated heterocycles. The molecule has 3 N–H and O–H groups in total.